The van der Waals surface area contributed by atoms with E-state index in [1.807, 2.05) is 65.0 Å². The van der Waals surface area contributed by atoms with Gasteiger partial charge in [-0.25, -0.2) is 4.79 Å². The van der Waals surface area contributed by atoms with Crippen molar-refractivity contribution >= 4 is 29.2 Å². The Morgan fingerprint density at radius 2 is 1.62 bits per heavy atom. The van der Waals surface area contributed by atoms with Crippen LogP contribution in [0.2, 0.25) is 0 Å². The summed E-state index contributed by atoms with van der Waals surface area (Å²) in [5, 5.41) is 34.1. The maximum Gasteiger partial charge on any atom is 0.329 e. The number of hydrogen-bond acceptors (Lipinski definition) is 13. The second-order valence-electron chi connectivity index (χ2n) is 20.4. The summed E-state index contributed by atoms with van der Waals surface area (Å²) in [6.07, 6.45) is 11.5. The fourth-order valence-corrected chi connectivity index (χ4v) is 10.4. The predicted molar refractivity (Wildman–Crippen MR) is 262 cm³/mol. The van der Waals surface area contributed by atoms with Crippen LogP contribution in [0.15, 0.2) is 47.6 Å². The maximum atomic E-state index is 14.4. The van der Waals surface area contributed by atoms with Crippen LogP contribution in [0.4, 0.5) is 0 Å². The Bertz CT molecular complexity index is 1930. The van der Waals surface area contributed by atoms with Gasteiger partial charge in [0.25, 0.3) is 11.7 Å². The standard InChI is InChI=1S/C55H83NO13/c1-11-12-18-27-67-46-32-42-24-22-40(8)55(64,69-42)52(61)53(62)56-26-17-16-21-43(56)54(63)68-47(37(5)30-41-23-25-44(57)48(31-41)65-9)33-45(58)36(4)29-39(7)50(60)51(66-10)49(59)38(6)28-34(2)19-14-13-15-20-35(46)3/h13-15,19-20,29,34,36-38,40-44,46-48,50-51,57,60,64H,11,16-17,21-28,30-33H2,1-10H3/b15-13+,19-14-,35-20+,39-29+/t34-,36-,37-,38-,40-,41+,42+,43+,44-,46+,47+,48-,50-,51+,55-/m1/s1. The number of methoxy groups -OCH3 is 2. The Hall–Kier alpha value is -3.81. The van der Waals surface area contributed by atoms with Crippen LogP contribution in [0.1, 0.15) is 139 Å². The number of Topliss-reactive ketones (excluding diaryl/α,β-unsaturated/α-hetero) is 3. The van der Waals surface area contributed by atoms with Crippen LogP contribution in [-0.4, -0.2) is 131 Å². The first-order valence-electron chi connectivity index (χ1n) is 25.5. The van der Waals surface area contributed by atoms with E-state index in [1.54, 1.807) is 34.0 Å². The first-order valence-corrected chi connectivity index (χ1v) is 25.5. The number of piperidine rings is 1. The van der Waals surface area contributed by atoms with Crippen molar-refractivity contribution in [2.45, 2.75) is 193 Å². The Morgan fingerprint density at radius 1 is 0.884 bits per heavy atom. The van der Waals surface area contributed by atoms with Gasteiger partial charge >= 0.3 is 5.97 Å². The number of nitrogens with zero attached hydrogens (tertiary/aromatic N) is 1. The van der Waals surface area contributed by atoms with Crippen molar-refractivity contribution in [1.29, 1.82) is 0 Å². The third-order valence-corrected chi connectivity index (χ3v) is 14.9. The number of hydrogen-bond donors (Lipinski definition) is 3. The average Bonchev–Trinajstić information content (AvgIpc) is 3.32. The second-order valence-corrected chi connectivity index (χ2v) is 20.4. The topological polar surface area (TPSA) is 195 Å². The van der Waals surface area contributed by atoms with Crippen molar-refractivity contribution in [3.8, 4) is 11.8 Å². The fourth-order valence-electron chi connectivity index (χ4n) is 10.4. The molecule has 3 aliphatic heterocycles. The highest BCUT2D eigenvalue weighted by atomic mass is 16.6. The molecule has 2 saturated heterocycles. The lowest BCUT2D eigenvalue weighted by molar-refractivity contribution is -0.265. The van der Waals surface area contributed by atoms with Gasteiger partial charge in [0.2, 0.25) is 5.79 Å². The normalized spacial score (nSPS) is 38.5. The van der Waals surface area contributed by atoms with Crippen LogP contribution >= 0.6 is 0 Å². The summed E-state index contributed by atoms with van der Waals surface area (Å²) < 4.78 is 29.9. The molecule has 0 aromatic rings. The summed E-state index contributed by atoms with van der Waals surface area (Å²) in [6.45, 7) is 14.8. The minimum atomic E-state index is -2.46. The van der Waals surface area contributed by atoms with Gasteiger partial charge in [-0.3, -0.25) is 19.2 Å². The van der Waals surface area contributed by atoms with E-state index in [4.69, 9.17) is 23.7 Å². The fraction of sp³-hybridized carbons (Fsp3) is 0.727. The number of aliphatic hydroxyl groups is 3. The zero-order chi connectivity index (χ0) is 51.0. The van der Waals surface area contributed by atoms with Gasteiger partial charge in [-0.2, -0.15) is 0 Å². The summed E-state index contributed by atoms with van der Waals surface area (Å²) in [6, 6.07) is -1.15. The number of fused-ring (bicyclic) bond motifs is 3. The van der Waals surface area contributed by atoms with Crippen molar-refractivity contribution < 1.29 is 63.0 Å². The highest BCUT2D eigenvalue weighted by molar-refractivity contribution is 6.39. The molecule has 4 aliphatic rings. The third kappa shape index (κ3) is 16.1. The van der Waals surface area contributed by atoms with Gasteiger partial charge < -0.3 is 43.9 Å². The number of amides is 1. The second kappa shape index (κ2) is 27.7. The maximum absolute atomic E-state index is 14.4. The summed E-state index contributed by atoms with van der Waals surface area (Å²) >= 11 is 0. The summed E-state index contributed by atoms with van der Waals surface area (Å²) in [5.41, 5.74) is 1.24. The van der Waals surface area contributed by atoms with Crippen LogP contribution in [0.5, 0.6) is 0 Å². The monoisotopic (exact) mass is 966 g/mol. The number of aliphatic hydroxyl groups excluding tert-OH is 2. The molecule has 0 spiro atoms. The molecule has 14 heteroatoms. The van der Waals surface area contributed by atoms with E-state index in [0.717, 1.165) is 12.0 Å². The van der Waals surface area contributed by atoms with E-state index in [0.29, 0.717) is 63.4 Å². The van der Waals surface area contributed by atoms with Gasteiger partial charge in [0.05, 0.1) is 24.4 Å². The van der Waals surface area contributed by atoms with E-state index in [9.17, 15) is 39.3 Å². The molecule has 1 saturated carbocycles. The Morgan fingerprint density at radius 3 is 2.32 bits per heavy atom. The van der Waals surface area contributed by atoms with Gasteiger partial charge in [0.1, 0.15) is 36.7 Å². The molecule has 0 radical (unpaired) electrons. The summed E-state index contributed by atoms with van der Waals surface area (Å²) in [7, 11) is 2.94. The first-order chi connectivity index (χ1) is 32.7. The number of esters is 1. The molecule has 386 valence electrons. The Kier molecular flexibility index (Phi) is 23.2. The molecule has 0 unspecified atom stereocenters. The van der Waals surface area contributed by atoms with Crippen LogP contribution < -0.4 is 0 Å². The number of allylic oxidation sites excluding steroid dienone is 6. The van der Waals surface area contributed by atoms with Gasteiger partial charge in [0, 0.05) is 57.8 Å². The quantitative estimate of drug-likeness (QED) is 0.103. The number of carbonyl (C=O) groups is 5. The van der Waals surface area contributed by atoms with E-state index in [-0.39, 0.29) is 67.8 Å². The molecule has 0 aromatic heterocycles. The van der Waals surface area contributed by atoms with Crippen molar-refractivity contribution in [2.75, 3.05) is 27.4 Å². The Labute approximate surface area is 411 Å². The summed E-state index contributed by atoms with van der Waals surface area (Å²) in [4.78, 5) is 72.3. The van der Waals surface area contributed by atoms with Gasteiger partial charge in [0.15, 0.2) is 5.78 Å². The highest BCUT2D eigenvalue weighted by Crippen LogP contribution is 2.38. The molecular weight excluding hydrogens is 883 g/mol. The minimum absolute atomic E-state index is 0.00218. The largest absolute Gasteiger partial charge is 0.460 e. The molecule has 14 nitrogen and oxygen atoms in total. The molecule has 3 N–H and O–H groups in total. The molecule has 3 heterocycles. The van der Waals surface area contributed by atoms with Crippen molar-refractivity contribution in [2.24, 2.45) is 35.5 Å². The van der Waals surface area contributed by atoms with Crippen molar-refractivity contribution in [3.63, 3.8) is 0 Å². The lowest BCUT2D eigenvalue weighted by Gasteiger charge is -2.42. The van der Waals surface area contributed by atoms with Crippen molar-refractivity contribution in [1.82, 2.24) is 4.90 Å². The molecule has 3 fully saturated rings. The molecule has 4 rings (SSSR count). The minimum Gasteiger partial charge on any atom is -0.460 e. The van der Waals surface area contributed by atoms with Crippen LogP contribution in [0, 0.1) is 47.3 Å². The zero-order valence-corrected chi connectivity index (χ0v) is 43.0. The van der Waals surface area contributed by atoms with E-state index in [2.05, 4.69) is 11.8 Å². The van der Waals surface area contributed by atoms with Gasteiger partial charge in [-0.05, 0) is 107 Å². The molecule has 69 heavy (non-hydrogen) atoms. The number of cyclic esters (lactones) is 1. The van der Waals surface area contributed by atoms with Crippen LogP contribution in [-0.2, 0) is 47.7 Å². The molecule has 0 aromatic carbocycles. The van der Waals surface area contributed by atoms with Gasteiger partial charge in [-0.15, -0.1) is 5.92 Å². The molecule has 1 aliphatic carbocycles. The Balaban J connectivity index is 1.73. The van der Waals surface area contributed by atoms with Gasteiger partial charge in [-0.1, -0.05) is 83.9 Å². The predicted octanol–water partition coefficient (Wildman–Crippen LogP) is 6.96. The third-order valence-electron chi connectivity index (χ3n) is 14.9. The molecule has 15 atom stereocenters. The lowest BCUT2D eigenvalue weighted by Crippen LogP contribution is -2.61. The smallest absolute Gasteiger partial charge is 0.329 e. The average molecular weight is 966 g/mol. The summed E-state index contributed by atoms with van der Waals surface area (Å²) in [5.74, 6) is -2.08. The van der Waals surface area contributed by atoms with E-state index in [1.165, 1.54) is 12.0 Å². The molecular formula is C55H83NO13. The highest BCUT2D eigenvalue weighted by Gasteiger charge is 2.53. The number of ketones is 3. The van der Waals surface area contributed by atoms with E-state index >= 15 is 0 Å². The zero-order valence-electron chi connectivity index (χ0n) is 43.0. The van der Waals surface area contributed by atoms with Crippen LogP contribution in [0.3, 0.4) is 0 Å². The number of carbonyl (C=O) groups excluding carboxylic acids is 5. The lowest BCUT2D eigenvalue weighted by atomic mass is 9.78. The molecule has 1 amide bonds. The number of ether oxygens (including phenoxy) is 5. The van der Waals surface area contributed by atoms with Crippen LogP contribution in [0.25, 0.3) is 0 Å². The number of rotatable bonds is 7. The van der Waals surface area contributed by atoms with E-state index < -0.39 is 83.9 Å². The first kappa shape index (κ1) is 57.8. The SMILES string of the molecule is CCC#CCO[C@H]1C[C@@H]2CC[C@@H](C)[C@@](O)(O2)C(=O)C(=O)N2CCCC[C@H]2C(=O)O[C@H]([C@H](C)C[C@@H]2CC[C@@H](O)[C@H](OC)C2)CC(=O)[C@H](C)/C=C(\C)[C@@H](O)[C@@H](OC)C(=O)[C@H](C)C[C@H](C)\C=C/C=C/C=C/1C. The molecule has 2 bridgehead atoms. The van der Waals surface area contributed by atoms with Crippen molar-refractivity contribution in [3.05, 3.63) is 47.6 Å².